The van der Waals surface area contributed by atoms with Crippen molar-refractivity contribution < 1.29 is 0 Å². The van der Waals surface area contributed by atoms with Crippen LogP contribution < -0.4 is 15.5 Å². The lowest BCUT2D eigenvalue weighted by Crippen LogP contribution is -2.32. The van der Waals surface area contributed by atoms with Crippen molar-refractivity contribution >= 4 is 23.2 Å². The molecule has 0 radical (unpaired) electrons. The van der Waals surface area contributed by atoms with Gasteiger partial charge in [-0.25, -0.2) is 0 Å². The van der Waals surface area contributed by atoms with E-state index in [0.717, 1.165) is 17.9 Å². The molecule has 0 saturated carbocycles. The Labute approximate surface area is 105 Å². The van der Waals surface area contributed by atoms with Crippen molar-refractivity contribution in [3.63, 3.8) is 0 Å². The van der Waals surface area contributed by atoms with E-state index >= 15 is 0 Å². The number of hydrogen-bond acceptors (Lipinski definition) is 5. The van der Waals surface area contributed by atoms with Crippen LogP contribution in [0.1, 0.15) is 5.69 Å². The summed E-state index contributed by atoms with van der Waals surface area (Å²) in [6, 6.07) is 0. The molecule has 92 valence electrons. The van der Waals surface area contributed by atoms with Gasteiger partial charge < -0.3 is 10.2 Å². The number of nitrogens with one attached hydrogen (secondary N) is 2. The van der Waals surface area contributed by atoms with E-state index in [1.165, 1.54) is 11.5 Å². The summed E-state index contributed by atoms with van der Waals surface area (Å²) >= 11 is 1.45. The van der Waals surface area contributed by atoms with E-state index in [1.807, 2.05) is 25.5 Å². The Morgan fingerprint density at radius 2 is 2.47 bits per heavy atom. The number of anilines is 1. The molecule has 7 heteroatoms. The Bertz CT molecular complexity index is 419. The standard InChI is InChI=1S/C10H16N6S/c1-8-9(6-17-15-8)16(3)5-4-13-10(12-2)14-7-11/h6H,4-5H2,1-3H3,(H2,12,13,14). The summed E-state index contributed by atoms with van der Waals surface area (Å²) in [5.74, 6) is 0.487. The lowest BCUT2D eigenvalue weighted by Gasteiger charge is -2.16. The number of aryl methyl sites for hydroxylation is 1. The summed E-state index contributed by atoms with van der Waals surface area (Å²) in [6.45, 7) is 3.37. The van der Waals surface area contributed by atoms with Gasteiger partial charge >= 0.3 is 0 Å². The van der Waals surface area contributed by atoms with Crippen LogP contribution in [0.25, 0.3) is 0 Å². The third-order valence-electron chi connectivity index (χ3n) is 2.25. The summed E-state index contributed by atoms with van der Waals surface area (Å²) in [7, 11) is 3.73. The van der Waals surface area contributed by atoms with E-state index in [0.29, 0.717) is 12.5 Å². The van der Waals surface area contributed by atoms with Crippen LogP contribution in [0.4, 0.5) is 5.69 Å². The zero-order chi connectivity index (χ0) is 12.7. The highest BCUT2D eigenvalue weighted by Gasteiger charge is 2.05. The molecule has 0 bridgehead atoms. The van der Waals surface area contributed by atoms with Crippen LogP contribution in [0.3, 0.4) is 0 Å². The van der Waals surface area contributed by atoms with Crippen LogP contribution in [-0.4, -0.2) is 37.5 Å². The van der Waals surface area contributed by atoms with E-state index in [9.17, 15) is 0 Å². The van der Waals surface area contributed by atoms with Crippen molar-refractivity contribution in [1.82, 2.24) is 15.0 Å². The van der Waals surface area contributed by atoms with Gasteiger partial charge in [-0.1, -0.05) is 0 Å². The van der Waals surface area contributed by atoms with Gasteiger partial charge in [0, 0.05) is 26.0 Å². The third kappa shape index (κ3) is 3.92. The monoisotopic (exact) mass is 252 g/mol. The van der Waals surface area contributed by atoms with Gasteiger partial charge in [-0.2, -0.15) is 9.64 Å². The summed E-state index contributed by atoms with van der Waals surface area (Å²) in [4.78, 5) is 6.32. The summed E-state index contributed by atoms with van der Waals surface area (Å²) < 4.78 is 4.22. The number of hydrogen-bond donors (Lipinski definition) is 2. The van der Waals surface area contributed by atoms with Crippen LogP contribution in [0.5, 0.6) is 0 Å². The number of nitriles is 1. The van der Waals surface area contributed by atoms with Crippen molar-refractivity contribution in [2.45, 2.75) is 6.92 Å². The highest BCUT2D eigenvalue weighted by molar-refractivity contribution is 7.04. The fraction of sp³-hybridized carbons (Fsp3) is 0.500. The number of likely N-dealkylation sites (N-methyl/N-ethyl adjacent to an activating group) is 1. The lowest BCUT2D eigenvalue weighted by molar-refractivity contribution is 0.868. The zero-order valence-corrected chi connectivity index (χ0v) is 11.0. The maximum Gasteiger partial charge on any atom is 0.204 e. The van der Waals surface area contributed by atoms with Crippen molar-refractivity contribution in [1.29, 1.82) is 5.26 Å². The van der Waals surface area contributed by atoms with Gasteiger partial charge in [0.05, 0.1) is 17.9 Å². The number of aromatic nitrogens is 1. The first kappa shape index (κ1) is 13.3. The first-order chi connectivity index (χ1) is 8.19. The Kier molecular flexibility index (Phi) is 5.23. The molecule has 17 heavy (non-hydrogen) atoms. The largest absolute Gasteiger partial charge is 0.371 e. The van der Waals surface area contributed by atoms with E-state index in [1.54, 1.807) is 7.05 Å². The van der Waals surface area contributed by atoms with Gasteiger partial charge in [0.15, 0.2) is 6.19 Å². The summed E-state index contributed by atoms with van der Waals surface area (Å²) in [6.07, 6.45) is 1.83. The Morgan fingerprint density at radius 3 is 3.00 bits per heavy atom. The van der Waals surface area contributed by atoms with Gasteiger partial charge in [0.2, 0.25) is 5.96 Å². The number of rotatable bonds is 4. The molecule has 0 atom stereocenters. The average molecular weight is 252 g/mol. The Balaban J connectivity index is 2.46. The van der Waals surface area contributed by atoms with E-state index in [2.05, 4.69) is 24.9 Å². The number of aliphatic imine (C=N–C) groups is 1. The maximum atomic E-state index is 8.46. The molecule has 0 aliphatic heterocycles. The SMILES string of the molecule is CNC(=NCCN(C)c1csnc1C)NC#N. The molecule has 0 unspecified atom stereocenters. The summed E-state index contributed by atoms with van der Waals surface area (Å²) in [5, 5.41) is 15.8. The molecular formula is C10H16N6S. The van der Waals surface area contributed by atoms with E-state index in [4.69, 9.17) is 5.26 Å². The Morgan fingerprint density at radius 1 is 1.71 bits per heavy atom. The quantitative estimate of drug-likeness (QED) is 0.354. The first-order valence-electron chi connectivity index (χ1n) is 5.18. The maximum absolute atomic E-state index is 8.46. The highest BCUT2D eigenvalue weighted by Crippen LogP contribution is 2.19. The molecule has 2 N–H and O–H groups in total. The third-order valence-corrected chi connectivity index (χ3v) is 2.96. The lowest BCUT2D eigenvalue weighted by atomic mass is 10.3. The second kappa shape index (κ2) is 6.70. The summed E-state index contributed by atoms with van der Waals surface area (Å²) in [5.41, 5.74) is 2.16. The van der Waals surface area contributed by atoms with Gasteiger partial charge in [-0.15, -0.1) is 0 Å². The number of nitrogens with zero attached hydrogens (tertiary/aromatic N) is 4. The van der Waals surface area contributed by atoms with Crippen LogP contribution >= 0.6 is 11.5 Å². The van der Waals surface area contributed by atoms with Gasteiger partial charge in [0.25, 0.3) is 0 Å². The van der Waals surface area contributed by atoms with Crippen LogP contribution in [0.2, 0.25) is 0 Å². The molecule has 6 nitrogen and oxygen atoms in total. The molecule has 1 aromatic rings. The molecule has 1 rings (SSSR count). The van der Waals surface area contributed by atoms with Crippen LogP contribution in [-0.2, 0) is 0 Å². The minimum absolute atomic E-state index is 0.487. The smallest absolute Gasteiger partial charge is 0.204 e. The van der Waals surface area contributed by atoms with E-state index < -0.39 is 0 Å². The molecule has 0 aliphatic carbocycles. The van der Waals surface area contributed by atoms with Crippen molar-refractivity contribution in [3.05, 3.63) is 11.1 Å². The fourth-order valence-corrected chi connectivity index (χ4v) is 2.07. The molecule has 0 aliphatic rings. The second-order valence-electron chi connectivity index (χ2n) is 3.42. The second-order valence-corrected chi connectivity index (χ2v) is 4.05. The molecule has 1 heterocycles. The molecule has 0 aromatic carbocycles. The van der Waals surface area contributed by atoms with E-state index in [-0.39, 0.29) is 0 Å². The van der Waals surface area contributed by atoms with Crippen LogP contribution in [0.15, 0.2) is 10.4 Å². The number of guanidine groups is 1. The molecule has 0 fully saturated rings. The molecule has 0 spiro atoms. The van der Waals surface area contributed by atoms with Crippen LogP contribution in [0, 0.1) is 18.4 Å². The molecule has 1 aromatic heterocycles. The van der Waals surface area contributed by atoms with Gasteiger partial charge in [-0.3, -0.25) is 10.3 Å². The first-order valence-corrected chi connectivity index (χ1v) is 6.02. The minimum atomic E-state index is 0.487. The van der Waals surface area contributed by atoms with Crippen molar-refractivity contribution in [2.75, 3.05) is 32.1 Å². The predicted octanol–water partition coefficient (Wildman–Crippen LogP) is 0.534. The normalized spacial score (nSPS) is 10.8. The highest BCUT2D eigenvalue weighted by atomic mass is 32.1. The predicted molar refractivity (Wildman–Crippen MR) is 70.2 cm³/mol. The topological polar surface area (TPSA) is 76.3 Å². The zero-order valence-electron chi connectivity index (χ0n) is 10.2. The van der Waals surface area contributed by atoms with Crippen molar-refractivity contribution in [3.8, 4) is 6.19 Å². The van der Waals surface area contributed by atoms with Gasteiger partial charge in [-0.05, 0) is 18.5 Å². The molecule has 0 saturated heterocycles. The molecular weight excluding hydrogens is 236 g/mol. The fourth-order valence-electron chi connectivity index (χ4n) is 1.32. The van der Waals surface area contributed by atoms with Gasteiger partial charge in [0.1, 0.15) is 0 Å². The average Bonchev–Trinajstić information content (AvgIpc) is 2.74. The Hall–Kier alpha value is -1.81. The minimum Gasteiger partial charge on any atom is -0.371 e. The van der Waals surface area contributed by atoms with Crippen molar-refractivity contribution in [2.24, 2.45) is 4.99 Å². The molecule has 0 amide bonds.